The fourth-order valence-electron chi connectivity index (χ4n) is 3.33. The molecule has 29 heavy (non-hydrogen) atoms. The van der Waals surface area contributed by atoms with E-state index in [-0.39, 0.29) is 11.8 Å². The number of hydrogen-bond donors (Lipinski definition) is 1. The number of nitrogens with one attached hydrogen (secondary N) is 1. The predicted molar refractivity (Wildman–Crippen MR) is 111 cm³/mol. The monoisotopic (exact) mass is 396 g/mol. The summed E-state index contributed by atoms with van der Waals surface area (Å²) in [4.78, 5) is 33.1. The average molecular weight is 396 g/mol. The predicted octanol–water partition coefficient (Wildman–Crippen LogP) is 1.60. The molecule has 7 heteroatoms. The highest BCUT2D eigenvalue weighted by Gasteiger charge is 2.20. The summed E-state index contributed by atoms with van der Waals surface area (Å²) < 4.78 is 5.10. The lowest BCUT2D eigenvalue weighted by atomic mass is 10.2. The van der Waals surface area contributed by atoms with E-state index in [1.54, 1.807) is 37.6 Å². The first kappa shape index (κ1) is 20.8. The number of nitrogens with zero attached hydrogens (tertiary/aromatic N) is 3. The lowest BCUT2D eigenvalue weighted by Crippen LogP contribution is -2.50. The Hall–Kier alpha value is -2.93. The minimum Gasteiger partial charge on any atom is -0.497 e. The van der Waals surface area contributed by atoms with Crippen LogP contribution in [-0.4, -0.2) is 73.0 Å². The zero-order valence-corrected chi connectivity index (χ0v) is 16.8. The number of aromatic nitrogens is 1. The van der Waals surface area contributed by atoms with Crippen molar-refractivity contribution >= 4 is 11.8 Å². The Morgan fingerprint density at radius 1 is 1.07 bits per heavy atom. The summed E-state index contributed by atoms with van der Waals surface area (Å²) in [6, 6.07) is 12.8. The van der Waals surface area contributed by atoms with Crippen LogP contribution >= 0.6 is 0 Å². The Bertz CT molecular complexity index is 787. The van der Waals surface area contributed by atoms with E-state index in [1.807, 2.05) is 23.1 Å². The topological polar surface area (TPSA) is 74.8 Å². The lowest BCUT2D eigenvalue weighted by molar-refractivity contribution is -0.132. The number of hydrogen-bond acceptors (Lipinski definition) is 5. The van der Waals surface area contributed by atoms with E-state index in [0.29, 0.717) is 24.9 Å². The number of piperazine rings is 1. The Morgan fingerprint density at radius 2 is 1.83 bits per heavy atom. The SMILES string of the molecule is COc1ccc(C(=O)NCCN2CCN(C(=O)CCc3ccccn3)CC2)cc1. The van der Waals surface area contributed by atoms with Crippen molar-refractivity contribution in [2.75, 3.05) is 46.4 Å². The third kappa shape index (κ3) is 6.29. The second-order valence-electron chi connectivity index (χ2n) is 7.03. The van der Waals surface area contributed by atoms with Crippen LogP contribution in [0.25, 0.3) is 0 Å². The molecule has 1 aromatic heterocycles. The van der Waals surface area contributed by atoms with Crippen molar-refractivity contribution in [2.24, 2.45) is 0 Å². The van der Waals surface area contributed by atoms with E-state index in [1.165, 1.54) is 0 Å². The first-order valence-electron chi connectivity index (χ1n) is 9.98. The van der Waals surface area contributed by atoms with E-state index in [4.69, 9.17) is 4.74 Å². The van der Waals surface area contributed by atoms with Crippen LogP contribution < -0.4 is 10.1 Å². The summed E-state index contributed by atoms with van der Waals surface area (Å²) in [5.41, 5.74) is 1.57. The number of amides is 2. The third-order valence-corrected chi connectivity index (χ3v) is 5.11. The Morgan fingerprint density at radius 3 is 2.48 bits per heavy atom. The molecule has 7 nitrogen and oxygen atoms in total. The van der Waals surface area contributed by atoms with Crippen LogP contribution in [0.15, 0.2) is 48.7 Å². The molecule has 2 aromatic rings. The van der Waals surface area contributed by atoms with Crippen molar-refractivity contribution in [2.45, 2.75) is 12.8 Å². The van der Waals surface area contributed by atoms with Crippen LogP contribution in [0.4, 0.5) is 0 Å². The second-order valence-corrected chi connectivity index (χ2v) is 7.03. The van der Waals surface area contributed by atoms with Crippen molar-refractivity contribution in [1.29, 1.82) is 0 Å². The normalized spacial score (nSPS) is 14.4. The number of ether oxygens (including phenoxy) is 1. The molecule has 1 fully saturated rings. The van der Waals surface area contributed by atoms with E-state index in [2.05, 4.69) is 15.2 Å². The maximum Gasteiger partial charge on any atom is 0.251 e. The fourth-order valence-corrected chi connectivity index (χ4v) is 3.33. The van der Waals surface area contributed by atoms with Crippen LogP contribution in [-0.2, 0) is 11.2 Å². The minimum atomic E-state index is -0.0870. The van der Waals surface area contributed by atoms with Gasteiger partial charge in [-0.1, -0.05) is 6.07 Å². The van der Waals surface area contributed by atoms with Crippen LogP contribution in [0, 0.1) is 0 Å². The molecule has 1 saturated heterocycles. The molecule has 1 aliphatic heterocycles. The van der Waals surface area contributed by atoms with Crippen LogP contribution in [0.1, 0.15) is 22.5 Å². The standard InChI is InChI=1S/C22H28N4O3/c1-29-20-8-5-18(6-9-20)22(28)24-12-13-25-14-16-26(17-15-25)21(27)10-7-19-4-2-3-11-23-19/h2-6,8-9,11H,7,10,12-17H2,1H3,(H,24,28). The van der Waals surface area contributed by atoms with Crippen LogP contribution in [0.5, 0.6) is 5.75 Å². The molecule has 0 radical (unpaired) electrons. The van der Waals surface area contributed by atoms with Gasteiger partial charge in [-0.25, -0.2) is 0 Å². The summed E-state index contributed by atoms with van der Waals surface area (Å²) in [7, 11) is 1.60. The van der Waals surface area contributed by atoms with Gasteiger partial charge in [-0.3, -0.25) is 19.5 Å². The molecule has 0 spiro atoms. The van der Waals surface area contributed by atoms with Gasteiger partial charge in [-0.2, -0.15) is 0 Å². The number of carbonyl (C=O) groups excluding carboxylic acids is 2. The third-order valence-electron chi connectivity index (χ3n) is 5.11. The quantitative estimate of drug-likeness (QED) is 0.734. The first-order valence-corrected chi connectivity index (χ1v) is 9.98. The highest BCUT2D eigenvalue weighted by molar-refractivity contribution is 5.94. The zero-order valence-electron chi connectivity index (χ0n) is 16.8. The maximum absolute atomic E-state index is 12.4. The molecule has 0 bridgehead atoms. The number of rotatable bonds is 8. The Kier molecular flexibility index (Phi) is 7.58. The smallest absolute Gasteiger partial charge is 0.251 e. The number of carbonyl (C=O) groups is 2. The average Bonchev–Trinajstić information content (AvgIpc) is 2.78. The zero-order chi connectivity index (χ0) is 20.5. The fraction of sp³-hybridized carbons (Fsp3) is 0.409. The van der Waals surface area contributed by atoms with Crippen LogP contribution in [0.2, 0.25) is 0 Å². The van der Waals surface area contributed by atoms with Crippen molar-refractivity contribution in [1.82, 2.24) is 20.1 Å². The number of benzene rings is 1. The van der Waals surface area contributed by atoms with Gasteiger partial charge >= 0.3 is 0 Å². The molecule has 0 saturated carbocycles. The molecular formula is C22H28N4O3. The molecule has 0 atom stereocenters. The first-order chi connectivity index (χ1) is 14.2. The molecule has 1 N–H and O–H groups in total. The molecule has 0 unspecified atom stereocenters. The molecule has 2 heterocycles. The summed E-state index contributed by atoms with van der Waals surface area (Å²) in [6.45, 7) is 4.47. The van der Waals surface area contributed by atoms with Gasteiger partial charge in [0.25, 0.3) is 5.91 Å². The highest BCUT2D eigenvalue weighted by Crippen LogP contribution is 2.11. The number of methoxy groups -OCH3 is 1. The van der Waals surface area contributed by atoms with Crippen molar-refractivity contribution < 1.29 is 14.3 Å². The minimum absolute atomic E-state index is 0.0870. The lowest BCUT2D eigenvalue weighted by Gasteiger charge is -2.34. The number of aryl methyl sites for hydroxylation is 1. The van der Waals surface area contributed by atoms with Crippen LogP contribution in [0.3, 0.4) is 0 Å². The number of pyridine rings is 1. The summed E-state index contributed by atoms with van der Waals surface area (Å²) in [6.07, 6.45) is 2.93. The summed E-state index contributed by atoms with van der Waals surface area (Å²) in [5, 5.41) is 2.95. The van der Waals surface area contributed by atoms with Gasteiger partial charge < -0.3 is 15.0 Å². The molecular weight excluding hydrogens is 368 g/mol. The molecule has 1 aliphatic rings. The van der Waals surface area contributed by atoms with E-state index in [0.717, 1.165) is 44.2 Å². The van der Waals surface area contributed by atoms with Gasteiger partial charge in [0.15, 0.2) is 0 Å². The molecule has 1 aromatic carbocycles. The molecule has 154 valence electrons. The van der Waals surface area contributed by atoms with Gasteiger partial charge in [-0.15, -0.1) is 0 Å². The van der Waals surface area contributed by atoms with E-state index < -0.39 is 0 Å². The summed E-state index contributed by atoms with van der Waals surface area (Å²) >= 11 is 0. The Balaban J connectivity index is 1.33. The van der Waals surface area contributed by atoms with Gasteiger partial charge in [-0.05, 0) is 42.8 Å². The molecule has 3 rings (SSSR count). The Labute approximate surface area is 171 Å². The van der Waals surface area contributed by atoms with Gasteiger partial charge in [0.05, 0.1) is 7.11 Å². The maximum atomic E-state index is 12.4. The molecule has 2 amide bonds. The molecule has 0 aliphatic carbocycles. The van der Waals surface area contributed by atoms with Crippen molar-refractivity contribution in [3.63, 3.8) is 0 Å². The van der Waals surface area contributed by atoms with E-state index in [9.17, 15) is 9.59 Å². The van der Waals surface area contributed by atoms with Gasteiger partial charge in [0.2, 0.25) is 5.91 Å². The van der Waals surface area contributed by atoms with Gasteiger partial charge in [0.1, 0.15) is 5.75 Å². The largest absolute Gasteiger partial charge is 0.497 e. The second kappa shape index (κ2) is 10.6. The van der Waals surface area contributed by atoms with Gasteiger partial charge in [0, 0.05) is 63.1 Å². The van der Waals surface area contributed by atoms with Crippen molar-refractivity contribution in [3.05, 3.63) is 59.9 Å². The van der Waals surface area contributed by atoms with Crippen molar-refractivity contribution in [3.8, 4) is 5.75 Å². The highest BCUT2D eigenvalue weighted by atomic mass is 16.5. The van der Waals surface area contributed by atoms with E-state index >= 15 is 0 Å². The summed E-state index contributed by atoms with van der Waals surface area (Å²) in [5.74, 6) is 0.827.